The number of allylic oxidation sites excluding steroid dienone is 3. The Kier molecular flexibility index (Phi) is 12.5. The second kappa shape index (κ2) is 14.5. The van der Waals surface area contributed by atoms with Crippen LogP contribution in [0.3, 0.4) is 0 Å². The second-order valence-corrected chi connectivity index (χ2v) is 28.1. The van der Waals surface area contributed by atoms with Crippen molar-refractivity contribution >= 4 is 16.6 Å². The third-order valence-electron chi connectivity index (χ3n) is 13.0. The van der Waals surface area contributed by atoms with Gasteiger partial charge in [0.05, 0.1) is 12.2 Å². The van der Waals surface area contributed by atoms with Crippen LogP contribution in [0.5, 0.6) is 0 Å². The van der Waals surface area contributed by atoms with Gasteiger partial charge >= 0.3 is 18.0 Å². The van der Waals surface area contributed by atoms with Gasteiger partial charge in [0.25, 0.3) is 0 Å². The van der Waals surface area contributed by atoms with Gasteiger partial charge in [0.2, 0.25) is 0 Å². The number of fused-ring (bicyclic) bond motifs is 1. The molecule has 0 aromatic heterocycles. The molecule has 0 radical (unpaired) electrons. The minimum Gasteiger partial charge on any atom is -0.413 e. The molecule has 1 N–H and O–H groups in total. The highest BCUT2D eigenvalue weighted by Crippen LogP contribution is 2.60. The molecule has 3 aliphatic carbocycles. The van der Waals surface area contributed by atoms with Crippen molar-refractivity contribution < 1.29 is 40.3 Å². The van der Waals surface area contributed by atoms with E-state index in [1.54, 1.807) is 0 Å². The van der Waals surface area contributed by atoms with Crippen LogP contribution in [0.15, 0.2) is 35.5 Å². The summed E-state index contributed by atoms with van der Waals surface area (Å²) >= 11 is 0. The van der Waals surface area contributed by atoms with Gasteiger partial charge in [-0.1, -0.05) is 85.6 Å². The van der Waals surface area contributed by atoms with Crippen LogP contribution in [0.4, 0.5) is 26.3 Å². The number of aliphatic hydroxyl groups is 1. The van der Waals surface area contributed by atoms with Gasteiger partial charge in [-0.3, -0.25) is 0 Å². The highest BCUT2D eigenvalue weighted by Gasteiger charge is 2.70. The molecule has 0 spiro atoms. The zero-order valence-electron chi connectivity index (χ0n) is 32.4. The Bertz CT molecular complexity index is 1360. The highest BCUT2D eigenvalue weighted by molar-refractivity contribution is 6.74. The lowest BCUT2D eigenvalue weighted by Gasteiger charge is -2.45. The van der Waals surface area contributed by atoms with Crippen molar-refractivity contribution in [3.8, 4) is 11.8 Å². The molecule has 3 aliphatic rings. The number of alkyl halides is 6. The topological polar surface area (TPSA) is 38.7 Å². The maximum Gasteiger partial charge on any atom is 0.438 e. The second-order valence-electron chi connectivity index (χ2n) is 18.6. The van der Waals surface area contributed by atoms with Gasteiger partial charge in [-0.15, -0.1) is 0 Å². The Morgan fingerprint density at radius 1 is 0.920 bits per heavy atom. The van der Waals surface area contributed by atoms with Crippen molar-refractivity contribution in [2.75, 3.05) is 0 Å². The molecule has 50 heavy (non-hydrogen) atoms. The van der Waals surface area contributed by atoms with Crippen LogP contribution in [-0.2, 0) is 8.85 Å². The van der Waals surface area contributed by atoms with Crippen LogP contribution in [0.2, 0.25) is 36.3 Å². The first-order valence-electron chi connectivity index (χ1n) is 18.2. The standard InChI is InChI=1S/C39H62F6O3Si2/c1-26(16-14-23-37(46,38(40,41)42)39(43,44)45)31-20-21-32-28(17-15-22-36(31,32)9)18-19-29-24-30(47-49(10,11)34(3,4)5)25-33(27(29)2)48-50(12,13)35(6,7)8/h18-19,26,30-33,46H,2,15-17,20-22,24-25H2,1,3-13H3/b28-18+,29-19-/t26-,30+,31-,32+,33-,36-/m1/s1. The summed E-state index contributed by atoms with van der Waals surface area (Å²) in [6.07, 6.45) is -1.62. The SMILES string of the molecule is C=C1/C(=C\C=C2/CCC[C@]3(C)[C@@H]([C@H](C)CC#CC(O)(C(F)(F)F)C(F)(F)F)CC[C@@H]23)C[C@H](O[Si](C)(C)C(C)(C)C)C[C@H]1O[Si](C)(C)C(C)(C)C. The van der Waals surface area contributed by atoms with E-state index in [0.717, 1.165) is 62.0 Å². The number of halogens is 6. The molecule has 3 saturated carbocycles. The maximum absolute atomic E-state index is 13.2. The molecule has 3 fully saturated rings. The Balaban J connectivity index is 1.89. The molecular formula is C39H62F6O3Si2. The van der Waals surface area contributed by atoms with Crippen molar-refractivity contribution in [3.05, 3.63) is 35.5 Å². The maximum atomic E-state index is 13.2. The summed E-state index contributed by atoms with van der Waals surface area (Å²) in [6.45, 7) is 31.2. The molecule has 0 aromatic rings. The Morgan fingerprint density at radius 3 is 1.98 bits per heavy atom. The third kappa shape index (κ3) is 8.89. The van der Waals surface area contributed by atoms with Crippen molar-refractivity contribution in [2.24, 2.45) is 23.2 Å². The van der Waals surface area contributed by atoms with Crippen LogP contribution >= 0.6 is 0 Å². The summed E-state index contributed by atoms with van der Waals surface area (Å²) in [6, 6.07) is 0. The van der Waals surface area contributed by atoms with E-state index >= 15 is 0 Å². The van der Waals surface area contributed by atoms with E-state index in [9.17, 15) is 31.4 Å². The zero-order chi connectivity index (χ0) is 38.5. The molecule has 6 atom stereocenters. The largest absolute Gasteiger partial charge is 0.438 e. The van der Waals surface area contributed by atoms with Crippen molar-refractivity contribution in [1.82, 2.24) is 0 Å². The van der Waals surface area contributed by atoms with E-state index in [4.69, 9.17) is 8.85 Å². The van der Waals surface area contributed by atoms with Gasteiger partial charge in [0.1, 0.15) is 0 Å². The Hall–Kier alpha value is -1.33. The van der Waals surface area contributed by atoms with Crippen LogP contribution in [0.25, 0.3) is 0 Å². The molecule has 0 bridgehead atoms. The number of hydrogen-bond donors (Lipinski definition) is 1. The molecule has 3 nitrogen and oxygen atoms in total. The van der Waals surface area contributed by atoms with E-state index < -0.39 is 34.6 Å². The van der Waals surface area contributed by atoms with Gasteiger partial charge in [-0.25, -0.2) is 0 Å². The van der Waals surface area contributed by atoms with Crippen LogP contribution in [0, 0.1) is 35.0 Å². The van der Waals surface area contributed by atoms with Gasteiger partial charge in [0.15, 0.2) is 16.6 Å². The fourth-order valence-corrected chi connectivity index (χ4v) is 10.4. The molecule has 0 aliphatic heterocycles. The monoisotopic (exact) mass is 748 g/mol. The first-order chi connectivity index (χ1) is 22.4. The van der Waals surface area contributed by atoms with Crippen LogP contribution < -0.4 is 0 Å². The summed E-state index contributed by atoms with van der Waals surface area (Å²) in [5.74, 6) is 3.33. The van der Waals surface area contributed by atoms with Gasteiger partial charge in [-0.05, 0) is 115 Å². The molecule has 286 valence electrons. The van der Waals surface area contributed by atoms with E-state index in [0.29, 0.717) is 0 Å². The van der Waals surface area contributed by atoms with Gasteiger partial charge in [0, 0.05) is 12.8 Å². The van der Waals surface area contributed by atoms with E-state index in [-0.39, 0.29) is 51.9 Å². The van der Waals surface area contributed by atoms with Crippen LogP contribution in [-0.4, -0.2) is 51.9 Å². The molecular weight excluding hydrogens is 687 g/mol. The number of rotatable bonds is 7. The van der Waals surface area contributed by atoms with Crippen molar-refractivity contribution in [1.29, 1.82) is 0 Å². The highest BCUT2D eigenvalue weighted by atomic mass is 28.4. The first kappa shape index (κ1) is 43.1. The normalized spacial score (nSPS) is 29.9. The van der Waals surface area contributed by atoms with E-state index in [1.807, 2.05) is 6.92 Å². The fraction of sp³-hybridized carbons (Fsp3) is 0.795. The molecule has 0 aromatic carbocycles. The molecule has 11 heteroatoms. The fourth-order valence-electron chi connectivity index (χ4n) is 7.76. The predicted molar refractivity (Wildman–Crippen MR) is 195 cm³/mol. The molecule has 0 heterocycles. The average Bonchev–Trinajstić information content (AvgIpc) is 3.28. The smallest absolute Gasteiger partial charge is 0.413 e. The lowest BCUT2D eigenvalue weighted by Crippen LogP contribution is -2.55. The van der Waals surface area contributed by atoms with Crippen molar-refractivity contribution in [2.45, 2.75) is 173 Å². The predicted octanol–water partition coefficient (Wildman–Crippen LogP) is 12.1. The Morgan fingerprint density at radius 2 is 1.46 bits per heavy atom. The first-order valence-corrected chi connectivity index (χ1v) is 24.0. The molecule has 0 unspecified atom stereocenters. The van der Waals surface area contributed by atoms with Crippen LogP contribution in [0.1, 0.15) is 107 Å². The molecule has 0 saturated heterocycles. The quantitative estimate of drug-likeness (QED) is 0.160. The lowest BCUT2D eigenvalue weighted by atomic mass is 9.61. The third-order valence-corrected chi connectivity index (χ3v) is 22.0. The van der Waals surface area contributed by atoms with Gasteiger partial charge in [-0.2, -0.15) is 26.3 Å². The lowest BCUT2D eigenvalue weighted by molar-refractivity contribution is -0.343. The molecule has 3 rings (SSSR count). The summed E-state index contributed by atoms with van der Waals surface area (Å²) in [5.41, 5.74) is -1.71. The minimum atomic E-state index is -5.94. The summed E-state index contributed by atoms with van der Waals surface area (Å²) in [5, 5.41) is 9.59. The number of hydrogen-bond acceptors (Lipinski definition) is 3. The van der Waals surface area contributed by atoms with Crippen molar-refractivity contribution in [3.63, 3.8) is 0 Å². The average molecular weight is 749 g/mol. The van der Waals surface area contributed by atoms with Gasteiger partial charge < -0.3 is 14.0 Å². The zero-order valence-corrected chi connectivity index (χ0v) is 34.4. The van der Waals surface area contributed by atoms with E-state index in [1.165, 1.54) is 5.57 Å². The Labute approximate surface area is 300 Å². The van der Waals surface area contributed by atoms with E-state index in [2.05, 4.69) is 99.3 Å². The summed E-state index contributed by atoms with van der Waals surface area (Å²) in [7, 11) is -4.17. The minimum absolute atomic E-state index is 0.0163. The summed E-state index contributed by atoms with van der Waals surface area (Å²) in [4.78, 5) is 0. The summed E-state index contributed by atoms with van der Waals surface area (Å²) < 4.78 is 93.0. The molecule has 0 amide bonds.